The smallest absolute Gasteiger partial charge is 0.297 e. The van der Waals surface area contributed by atoms with Gasteiger partial charge in [0.15, 0.2) is 0 Å². The van der Waals surface area contributed by atoms with Crippen molar-refractivity contribution < 1.29 is 26.3 Å². The predicted molar refractivity (Wildman–Crippen MR) is 132 cm³/mol. The lowest BCUT2D eigenvalue weighted by molar-refractivity contribution is -0.162. The molecule has 0 N–H and O–H groups in total. The monoisotopic (exact) mass is 524 g/mol. The molecule has 2 aromatic carbocycles. The first-order chi connectivity index (χ1) is 17.4. The zero-order valence-electron chi connectivity index (χ0n) is 21.3. The summed E-state index contributed by atoms with van der Waals surface area (Å²) in [5, 5.41) is 10.4. The van der Waals surface area contributed by atoms with Gasteiger partial charge in [-0.2, -0.15) is 31.6 Å². The summed E-state index contributed by atoms with van der Waals surface area (Å²) in [5.74, 6) is -0.203. The minimum Gasteiger partial charge on any atom is -0.297 e. The molecule has 2 aromatic rings. The quantitative estimate of drug-likeness (QED) is 0.307. The summed E-state index contributed by atoms with van der Waals surface area (Å²) in [6.45, 7) is 5.44. The van der Waals surface area contributed by atoms with Crippen LogP contribution in [0.25, 0.3) is 0 Å². The lowest BCUT2D eigenvalue weighted by Gasteiger charge is -2.39. The maximum Gasteiger partial charge on any atom is 0.417 e. The molecular formula is C29H34F6N2. The normalized spacial score (nSPS) is 17.1. The standard InChI is InChI=1S/C29H34F6N2/c1-21(2)37(19-22-10-5-3-6-11-22)17-9-16-27(20-36,23-12-7-4-8-13-23)24-14-15-25(28(30,31)32)26(18-24)29(33,34)35/h3,5-6,10-11,14-15,18,21,23H,4,7-9,12-13,16-17,19H2,1-2H3. The van der Waals surface area contributed by atoms with Gasteiger partial charge in [0.1, 0.15) is 0 Å². The minimum absolute atomic E-state index is 0.0429. The van der Waals surface area contributed by atoms with Crippen molar-refractivity contribution in [1.82, 2.24) is 4.90 Å². The van der Waals surface area contributed by atoms with Crippen molar-refractivity contribution in [3.8, 4) is 6.07 Å². The van der Waals surface area contributed by atoms with E-state index >= 15 is 0 Å². The Kier molecular flexibility index (Phi) is 9.33. The average molecular weight is 525 g/mol. The third-order valence-corrected chi connectivity index (χ3v) is 7.62. The highest BCUT2D eigenvalue weighted by Gasteiger charge is 2.46. The van der Waals surface area contributed by atoms with Crippen LogP contribution in [-0.2, 0) is 24.3 Å². The van der Waals surface area contributed by atoms with Crippen LogP contribution in [-0.4, -0.2) is 17.5 Å². The van der Waals surface area contributed by atoms with Crippen LogP contribution in [0.4, 0.5) is 26.3 Å². The van der Waals surface area contributed by atoms with Crippen molar-refractivity contribution in [2.24, 2.45) is 5.92 Å². The van der Waals surface area contributed by atoms with E-state index in [-0.39, 0.29) is 23.9 Å². The Morgan fingerprint density at radius 2 is 1.51 bits per heavy atom. The van der Waals surface area contributed by atoms with Crippen molar-refractivity contribution in [3.05, 3.63) is 70.8 Å². The fraction of sp³-hybridized carbons (Fsp3) is 0.552. The summed E-state index contributed by atoms with van der Waals surface area (Å²) in [5.41, 5.74) is -3.54. The molecule has 0 saturated heterocycles. The summed E-state index contributed by atoms with van der Waals surface area (Å²) < 4.78 is 81.5. The second-order valence-electron chi connectivity index (χ2n) is 10.3. The van der Waals surface area contributed by atoms with Gasteiger partial charge in [-0.05, 0) is 75.3 Å². The lowest BCUT2D eigenvalue weighted by Crippen LogP contribution is -2.38. The topological polar surface area (TPSA) is 27.0 Å². The first-order valence-corrected chi connectivity index (χ1v) is 12.9. The SMILES string of the molecule is CC(C)N(CCCC(C#N)(c1ccc(C(F)(F)F)c(C(F)(F)F)c1)C1CCCCC1)Cc1ccccc1. The number of nitriles is 1. The van der Waals surface area contributed by atoms with E-state index in [1.165, 1.54) is 0 Å². The fourth-order valence-corrected chi connectivity index (χ4v) is 5.59. The van der Waals surface area contributed by atoms with Crippen LogP contribution in [0.5, 0.6) is 0 Å². The van der Waals surface area contributed by atoms with E-state index in [9.17, 15) is 31.6 Å². The van der Waals surface area contributed by atoms with Crippen molar-refractivity contribution in [2.45, 2.75) is 89.1 Å². The van der Waals surface area contributed by atoms with Crippen LogP contribution in [0.15, 0.2) is 48.5 Å². The molecule has 0 amide bonds. The largest absolute Gasteiger partial charge is 0.417 e. The highest BCUT2D eigenvalue weighted by molar-refractivity contribution is 5.43. The van der Waals surface area contributed by atoms with Gasteiger partial charge in [-0.1, -0.05) is 55.7 Å². The molecule has 1 aliphatic carbocycles. The zero-order chi connectivity index (χ0) is 27.3. The van der Waals surface area contributed by atoms with Crippen LogP contribution in [0, 0.1) is 17.2 Å². The molecule has 3 rings (SSSR count). The maximum absolute atomic E-state index is 13.8. The third-order valence-electron chi connectivity index (χ3n) is 7.62. The van der Waals surface area contributed by atoms with Crippen LogP contribution in [0.1, 0.15) is 81.0 Å². The third kappa shape index (κ3) is 7.07. The number of nitrogens with zero attached hydrogens (tertiary/aromatic N) is 2. The van der Waals surface area contributed by atoms with Gasteiger partial charge in [0.05, 0.1) is 22.6 Å². The van der Waals surface area contributed by atoms with Gasteiger partial charge in [0.2, 0.25) is 0 Å². The Balaban J connectivity index is 1.95. The molecule has 1 fully saturated rings. The van der Waals surface area contributed by atoms with Crippen LogP contribution < -0.4 is 0 Å². The Morgan fingerprint density at radius 3 is 2.05 bits per heavy atom. The summed E-state index contributed by atoms with van der Waals surface area (Å²) >= 11 is 0. The molecule has 1 aliphatic rings. The molecule has 0 radical (unpaired) electrons. The van der Waals surface area contributed by atoms with Gasteiger partial charge in [-0.3, -0.25) is 4.90 Å². The number of hydrogen-bond acceptors (Lipinski definition) is 2. The van der Waals surface area contributed by atoms with Gasteiger partial charge in [0, 0.05) is 12.6 Å². The van der Waals surface area contributed by atoms with Crippen molar-refractivity contribution in [1.29, 1.82) is 5.26 Å². The van der Waals surface area contributed by atoms with E-state index in [0.717, 1.165) is 30.9 Å². The summed E-state index contributed by atoms with van der Waals surface area (Å²) in [4.78, 5) is 2.24. The van der Waals surface area contributed by atoms with Crippen LogP contribution in [0.3, 0.4) is 0 Å². The molecule has 1 unspecified atom stereocenters. The van der Waals surface area contributed by atoms with E-state index in [4.69, 9.17) is 0 Å². The molecule has 1 atom stereocenters. The minimum atomic E-state index is -5.18. The van der Waals surface area contributed by atoms with E-state index in [2.05, 4.69) is 24.8 Å². The zero-order valence-corrected chi connectivity index (χ0v) is 21.3. The molecule has 0 bridgehead atoms. The lowest BCUT2D eigenvalue weighted by atomic mass is 9.63. The molecule has 8 heteroatoms. The second-order valence-corrected chi connectivity index (χ2v) is 10.3. The Bertz CT molecular complexity index is 1050. The molecule has 0 heterocycles. The number of halogens is 6. The van der Waals surface area contributed by atoms with Gasteiger partial charge in [-0.25, -0.2) is 0 Å². The van der Waals surface area contributed by atoms with Crippen molar-refractivity contribution in [3.63, 3.8) is 0 Å². The maximum atomic E-state index is 13.8. The summed E-state index contributed by atoms with van der Waals surface area (Å²) in [7, 11) is 0. The van der Waals surface area contributed by atoms with E-state index < -0.39 is 28.9 Å². The van der Waals surface area contributed by atoms with E-state index in [1.54, 1.807) is 0 Å². The molecular weight excluding hydrogens is 490 g/mol. The van der Waals surface area contributed by atoms with E-state index in [1.807, 2.05) is 30.3 Å². The Labute approximate surface area is 215 Å². The number of rotatable bonds is 9. The van der Waals surface area contributed by atoms with Crippen LogP contribution >= 0.6 is 0 Å². The van der Waals surface area contributed by atoms with Crippen LogP contribution in [0.2, 0.25) is 0 Å². The number of benzene rings is 2. The molecule has 202 valence electrons. The highest BCUT2D eigenvalue weighted by Crippen LogP contribution is 2.47. The molecule has 0 aliphatic heterocycles. The number of alkyl halides is 6. The van der Waals surface area contributed by atoms with E-state index in [0.29, 0.717) is 44.5 Å². The predicted octanol–water partition coefficient (Wildman–Crippen LogP) is 8.76. The first-order valence-electron chi connectivity index (χ1n) is 12.9. The van der Waals surface area contributed by atoms with Gasteiger partial charge in [-0.15, -0.1) is 0 Å². The second kappa shape index (κ2) is 11.9. The Hall–Kier alpha value is -2.53. The highest BCUT2D eigenvalue weighted by atomic mass is 19.4. The number of hydrogen-bond donors (Lipinski definition) is 0. The Morgan fingerprint density at radius 1 is 0.892 bits per heavy atom. The van der Waals surface area contributed by atoms with Gasteiger partial charge >= 0.3 is 12.4 Å². The summed E-state index contributed by atoms with van der Waals surface area (Å²) in [6, 6.07) is 14.6. The fourth-order valence-electron chi connectivity index (χ4n) is 5.59. The average Bonchev–Trinajstić information content (AvgIpc) is 2.86. The molecule has 2 nitrogen and oxygen atoms in total. The summed E-state index contributed by atoms with van der Waals surface area (Å²) in [6.07, 6.45) is -5.46. The van der Waals surface area contributed by atoms with Crippen molar-refractivity contribution in [2.75, 3.05) is 6.54 Å². The molecule has 1 saturated carbocycles. The molecule has 37 heavy (non-hydrogen) atoms. The first kappa shape index (κ1) is 29.0. The van der Waals surface area contributed by atoms with Gasteiger partial charge in [0.25, 0.3) is 0 Å². The van der Waals surface area contributed by atoms with Gasteiger partial charge < -0.3 is 0 Å². The molecule has 0 aromatic heterocycles. The molecule has 0 spiro atoms. The van der Waals surface area contributed by atoms with Crippen molar-refractivity contribution >= 4 is 0 Å².